The average molecular weight is 393 g/mol. The topological polar surface area (TPSA) is 63.1 Å². The maximum absolute atomic E-state index is 13.3. The lowest BCUT2D eigenvalue weighted by Gasteiger charge is -2.32. The SMILES string of the molecule is O=C(CSc1ccc(F)c(F)c1)N1CCC(c2nnc3n2CCNC3)CC1. The molecule has 1 N–H and O–H groups in total. The number of piperidine rings is 1. The minimum absolute atomic E-state index is 0.0238. The van der Waals surface area contributed by atoms with Gasteiger partial charge in [0.25, 0.3) is 0 Å². The van der Waals surface area contributed by atoms with Crippen molar-refractivity contribution in [1.29, 1.82) is 0 Å². The maximum atomic E-state index is 13.3. The first-order valence-electron chi connectivity index (χ1n) is 9.10. The van der Waals surface area contributed by atoms with Crippen LogP contribution < -0.4 is 5.32 Å². The number of rotatable bonds is 4. The van der Waals surface area contributed by atoms with Gasteiger partial charge in [-0.3, -0.25) is 4.79 Å². The van der Waals surface area contributed by atoms with Crippen LogP contribution in [0.25, 0.3) is 0 Å². The van der Waals surface area contributed by atoms with Crippen LogP contribution in [0.5, 0.6) is 0 Å². The average Bonchev–Trinajstić information content (AvgIpc) is 3.13. The monoisotopic (exact) mass is 393 g/mol. The van der Waals surface area contributed by atoms with Gasteiger partial charge in [0.05, 0.1) is 12.3 Å². The first-order chi connectivity index (χ1) is 13.1. The Hall–Kier alpha value is -2.00. The summed E-state index contributed by atoms with van der Waals surface area (Å²) in [5.41, 5.74) is 0. The van der Waals surface area contributed by atoms with Crippen molar-refractivity contribution in [3.8, 4) is 0 Å². The zero-order valence-electron chi connectivity index (χ0n) is 14.8. The van der Waals surface area contributed by atoms with E-state index in [-0.39, 0.29) is 11.7 Å². The molecule has 1 saturated heterocycles. The number of halogens is 2. The van der Waals surface area contributed by atoms with Crippen LogP contribution >= 0.6 is 11.8 Å². The summed E-state index contributed by atoms with van der Waals surface area (Å²) >= 11 is 1.23. The highest BCUT2D eigenvalue weighted by molar-refractivity contribution is 8.00. The van der Waals surface area contributed by atoms with Gasteiger partial charge >= 0.3 is 0 Å². The minimum atomic E-state index is -0.889. The van der Waals surface area contributed by atoms with E-state index in [0.29, 0.717) is 23.9 Å². The number of amides is 1. The number of nitrogens with zero attached hydrogens (tertiary/aromatic N) is 4. The van der Waals surface area contributed by atoms with E-state index < -0.39 is 11.6 Å². The molecule has 0 unspecified atom stereocenters. The molecule has 0 spiro atoms. The Labute approximate surface area is 160 Å². The van der Waals surface area contributed by atoms with E-state index in [1.807, 2.05) is 4.90 Å². The number of carbonyl (C=O) groups excluding carboxylic acids is 1. The summed E-state index contributed by atoms with van der Waals surface area (Å²) in [7, 11) is 0. The largest absolute Gasteiger partial charge is 0.342 e. The fourth-order valence-corrected chi connectivity index (χ4v) is 4.43. The summed E-state index contributed by atoms with van der Waals surface area (Å²) in [4.78, 5) is 14.8. The van der Waals surface area contributed by atoms with Gasteiger partial charge in [0.2, 0.25) is 5.91 Å². The number of hydrogen-bond donors (Lipinski definition) is 1. The maximum Gasteiger partial charge on any atom is 0.232 e. The predicted octanol–water partition coefficient (Wildman–Crippen LogP) is 2.16. The lowest BCUT2D eigenvalue weighted by atomic mass is 9.95. The van der Waals surface area contributed by atoms with Crippen molar-refractivity contribution in [1.82, 2.24) is 25.0 Å². The third-order valence-corrected chi connectivity index (χ3v) is 6.10. The number of fused-ring (bicyclic) bond motifs is 1. The number of hydrogen-bond acceptors (Lipinski definition) is 5. The summed E-state index contributed by atoms with van der Waals surface area (Å²) in [5, 5.41) is 11.9. The molecule has 1 amide bonds. The van der Waals surface area contributed by atoms with E-state index in [0.717, 1.165) is 56.3 Å². The number of aromatic nitrogens is 3. The van der Waals surface area contributed by atoms with Crippen molar-refractivity contribution in [2.45, 2.75) is 36.7 Å². The Balaban J connectivity index is 1.30. The second kappa shape index (κ2) is 7.93. The number of thioether (sulfide) groups is 1. The zero-order valence-corrected chi connectivity index (χ0v) is 15.6. The Morgan fingerprint density at radius 2 is 2.00 bits per heavy atom. The number of likely N-dealkylation sites (tertiary alicyclic amines) is 1. The molecule has 1 fully saturated rings. The van der Waals surface area contributed by atoms with Crippen LogP contribution in [0, 0.1) is 11.6 Å². The third-order valence-electron chi connectivity index (χ3n) is 5.12. The second-order valence-corrected chi connectivity index (χ2v) is 7.87. The summed E-state index contributed by atoms with van der Waals surface area (Å²) in [6.07, 6.45) is 1.74. The van der Waals surface area contributed by atoms with Crippen molar-refractivity contribution in [2.24, 2.45) is 0 Å². The Morgan fingerprint density at radius 3 is 2.78 bits per heavy atom. The second-order valence-electron chi connectivity index (χ2n) is 6.82. The molecule has 0 atom stereocenters. The molecule has 1 aromatic carbocycles. The fraction of sp³-hybridized carbons (Fsp3) is 0.500. The summed E-state index contributed by atoms with van der Waals surface area (Å²) in [6.45, 7) is 3.94. The number of nitrogens with one attached hydrogen (secondary N) is 1. The van der Waals surface area contributed by atoms with Gasteiger partial charge in [0.15, 0.2) is 11.6 Å². The molecule has 2 aromatic rings. The van der Waals surface area contributed by atoms with Crippen molar-refractivity contribution < 1.29 is 13.6 Å². The molecule has 0 saturated carbocycles. The molecule has 2 aliphatic rings. The van der Waals surface area contributed by atoms with Crippen molar-refractivity contribution in [2.75, 3.05) is 25.4 Å². The summed E-state index contributed by atoms with van der Waals surface area (Å²) in [6, 6.07) is 3.71. The highest BCUT2D eigenvalue weighted by Crippen LogP contribution is 2.28. The number of carbonyl (C=O) groups is 1. The first-order valence-corrected chi connectivity index (χ1v) is 10.1. The quantitative estimate of drug-likeness (QED) is 0.807. The first kappa shape index (κ1) is 18.4. The van der Waals surface area contributed by atoms with Gasteiger partial charge in [0.1, 0.15) is 11.6 Å². The molecule has 27 heavy (non-hydrogen) atoms. The molecule has 4 rings (SSSR count). The van der Waals surface area contributed by atoms with E-state index in [2.05, 4.69) is 20.1 Å². The Kier molecular flexibility index (Phi) is 5.40. The van der Waals surface area contributed by atoms with Crippen LogP contribution in [0.2, 0.25) is 0 Å². The van der Waals surface area contributed by atoms with E-state index in [1.165, 1.54) is 17.8 Å². The zero-order chi connectivity index (χ0) is 18.8. The van der Waals surface area contributed by atoms with E-state index in [1.54, 1.807) is 0 Å². The standard InChI is InChI=1S/C18H21F2N5OS/c19-14-2-1-13(9-15(14)20)27-11-17(26)24-6-3-12(4-7-24)18-23-22-16-10-21-5-8-25(16)18/h1-2,9,12,21H,3-8,10-11H2. The van der Waals surface area contributed by atoms with Crippen LogP contribution in [0.4, 0.5) is 8.78 Å². The smallest absolute Gasteiger partial charge is 0.232 e. The molecule has 1 aromatic heterocycles. The van der Waals surface area contributed by atoms with Crippen LogP contribution in [0.3, 0.4) is 0 Å². The lowest BCUT2D eigenvalue weighted by Crippen LogP contribution is -2.39. The highest BCUT2D eigenvalue weighted by atomic mass is 32.2. The predicted molar refractivity (Wildman–Crippen MR) is 97.4 cm³/mol. The summed E-state index contributed by atoms with van der Waals surface area (Å²) < 4.78 is 28.4. The molecule has 144 valence electrons. The minimum Gasteiger partial charge on any atom is -0.342 e. The van der Waals surface area contributed by atoms with Crippen molar-refractivity contribution >= 4 is 17.7 Å². The molecule has 0 aliphatic carbocycles. The molecule has 3 heterocycles. The van der Waals surface area contributed by atoms with E-state index >= 15 is 0 Å². The highest BCUT2D eigenvalue weighted by Gasteiger charge is 2.28. The van der Waals surface area contributed by atoms with Crippen LogP contribution in [0.15, 0.2) is 23.1 Å². The van der Waals surface area contributed by atoms with Gasteiger partial charge in [-0.1, -0.05) is 0 Å². The van der Waals surface area contributed by atoms with Gasteiger partial charge in [0, 0.05) is 37.0 Å². The summed E-state index contributed by atoms with van der Waals surface area (Å²) in [5.74, 6) is 0.830. The van der Waals surface area contributed by atoms with Gasteiger partial charge in [-0.2, -0.15) is 0 Å². The van der Waals surface area contributed by atoms with Gasteiger partial charge in [-0.15, -0.1) is 22.0 Å². The number of benzene rings is 1. The van der Waals surface area contributed by atoms with E-state index in [9.17, 15) is 13.6 Å². The molecule has 0 radical (unpaired) electrons. The molecular weight excluding hydrogens is 372 g/mol. The molecular formula is C18H21F2N5OS. The van der Waals surface area contributed by atoms with Crippen LogP contribution in [-0.2, 0) is 17.9 Å². The molecule has 0 bridgehead atoms. The van der Waals surface area contributed by atoms with Crippen molar-refractivity contribution in [3.63, 3.8) is 0 Å². The van der Waals surface area contributed by atoms with Crippen LogP contribution in [-0.4, -0.2) is 51.0 Å². The van der Waals surface area contributed by atoms with Gasteiger partial charge in [-0.25, -0.2) is 8.78 Å². The Morgan fingerprint density at radius 1 is 1.19 bits per heavy atom. The van der Waals surface area contributed by atoms with Crippen molar-refractivity contribution in [3.05, 3.63) is 41.5 Å². The normalized spacial score (nSPS) is 17.8. The fourth-order valence-electron chi connectivity index (χ4n) is 3.61. The lowest BCUT2D eigenvalue weighted by molar-refractivity contribution is -0.129. The van der Waals surface area contributed by atoms with Gasteiger partial charge < -0.3 is 14.8 Å². The van der Waals surface area contributed by atoms with Crippen LogP contribution in [0.1, 0.15) is 30.4 Å². The molecule has 9 heteroatoms. The molecule has 2 aliphatic heterocycles. The third kappa shape index (κ3) is 3.98. The molecule has 6 nitrogen and oxygen atoms in total. The Bertz CT molecular complexity index is 835. The van der Waals surface area contributed by atoms with E-state index in [4.69, 9.17) is 0 Å². The van der Waals surface area contributed by atoms with Gasteiger partial charge in [-0.05, 0) is 31.0 Å².